The molecule has 1 aliphatic carbocycles. The average molecular weight is 477 g/mol. The molecule has 0 saturated carbocycles. The Hall–Kier alpha value is -3.79. The van der Waals surface area contributed by atoms with E-state index in [2.05, 4.69) is 34.6 Å². The minimum Gasteiger partial charge on any atom is -0.480 e. The van der Waals surface area contributed by atoms with Crippen LogP contribution in [0.15, 0.2) is 48.5 Å². The van der Waals surface area contributed by atoms with Gasteiger partial charge in [0.1, 0.15) is 18.7 Å². The zero-order chi connectivity index (χ0) is 25.4. The van der Waals surface area contributed by atoms with E-state index in [1.54, 1.807) is 6.92 Å². The Kier molecular flexibility index (Phi) is 8.91. The van der Waals surface area contributed by atoms with Gasteiger partial charge in [-0.1, -0.05) is 68.8 Å². The first-order valence-electron chi connectivity index (χ1n) is 11.9. The Morgan fingerprint density at radius 2 is 1.60 bits per heavy atom. The van der Waals surface area contributed by atoms with Crippen molar-refractivity contribution in [2.75, 3.05) is 6.61 Å². The molecule has 3 rings (SSSR count). The van der Waals surface area contributed by atoms with Crippen LogP contribution in [0.5, 0.6) is 0 Å². The summed E-state index contributed by atoms with van der Waals surface area (Å²) in [5.74, 6) is 3.61. The van der Waals surface area contributed by atoms with Gasteiger partial charge in [0.2, 0.25) is 5.91 Å². The number of nitrogens with one attached hydrogen (secondary N) is 2. The topological polar surface area (TPSA) is 105 Å². The van der Waals surface area contributed by atoms with Crippen molar-refractivity contribution >= 4 is 18.0 Å². The molecule has 3 atom stereocenters. The zero-order valence-corrected chi connectivity index (χ0v) is 20.3. The van der Waals surface area contributed by atoms with E-state index >= 15 is 0 Å². The van der Waals surface area contributed by atoms with Crippen LogP contribution in [0.2, 0.25) is 0 Å². The Balaban J connectivity index is 1.68. The van der Waals surface area contributed by atoms with Crippen LogP contribution in [0.4, 0.5) is 4.79 Å². The Morgan fingerprint density at radius 1 is 1.00 bits per heavy atom. The number of carboxylic acids is 1. The van der Waals surface area contributed by atoms with Gasteiger partial charge in [0.15, 0.2) is 0 Å². The molecule has 1 aliphatic rings. The van der Waals surface area contributed by atoms with Crippen molar-refractivity contribution in [3.8, 4) is 23.0 Å². The van der Waals surface area contributed by atoms with Crippen LogP contribution in [-0.2, 0) is 14.3 Å². The third kappa shape index (κ3) is 6.42. The number of carboxylic acid groups (broad SMARTS) is 1. The summed E-state index contributed by atoms with van der Waals surface area (Å²) in [5, 5.41) is 14.6. The second kappa shape index (κ2) is 12.1. The normalized spacial score (nSPS) is 14.4. The fourth-order valence-electron chi connectivity index (χ4n) is 4.26. The van der Waals surface area contributed by atoms with Crippen LogP contribution in [0.3, 0.4) is 0 Å². The molecule has 184 valence electrons. The number of carbonyl (C=O) groups is 3. The number of carbonyl (C=O) groups excluding carboxylic acids is 2. The standard InChI is InChI=1S/C28H32N2O5/c1-4-6-15-24(27(32)33)29-26(31)25(16-18(3)5-2)30-28(34)35-17-23-21-13-9-7-11-19(21)20-12-8-10-14-22(20)23/h7-14,18,23-25H,5,15-17H2,1-3H3,(H,29,31)(H,30,34)(H,32,33). The largest absolute Gasteiger partial charge is 0.480 e. The number of hydrogen-bond acceptors (Lipinski definition) is 4. The monoisotopic (exact) mass is 476 g/mol. The summed E-state index contributed by atoms with van der Waals surface area (Å²) >= 11 is 0. The van der Waals surface area contributed by atoms with E-state index in [0.717, 1.165) is 28.7 Å². The number of amides is 2. The maximum atomic E-state index is 12.9. The number of aliphatic carboxylic acids is 1. The van der Waals surface area contributed by atoms with Crippen molar-refractivity contribution < 1.29 is 24.2 Å². The molecule has 0 bridgehead atoms. The third-order valence-corrected chi connectivity index (χ3v) is 6.38. The van der Waals surface area contributed by atoms with E-state index in [4.69, 9.17) is 4.74 Å². The average Bonchev–Trinajstić information content (AvgIpc) is 3.18. The van der Waals surface area contributed by atoms with Gasteiger partial charge in [-0.3, -0.25) is 4.79 Å². The molecule has 7 heteroatoms. The van der Waals surface area contributed by atoms with E-state index in [1.807, 2.05) is 50.2 Å². The van der Waals surface area contributed by atoms with Crippen LogP contribution in [0.25, 0.3) is 11.1 Å². The molecular weight excluding hydrogens is 444 g/mol. The Bertz CT molecular complexity index is 1090. The first-order chi connectivity index (χ1) is 16.8. The summed E-state index contributed by atoms with van der Waals surface area (Å²) in [7, 11) is 0. The first-order valence-corrected chi connectivity index (χ1v) is 11.9. The van der Waals surface area contributed by atoms with Gasteiger partial charge < -0.3 is 20.5 Å². The van der Waals surface area contributed by atoms with Gasteiger partial charge in [-0.15, -0.1) is 11.8 Å². The highest BCUT2D eigenvalue weighted by Gasteiger charge is 2.31. The minimum absolute atomic E-state index is 0.0153. The summed E-state index contributed by atoms with van der Waals surface area (Å²) in [6.45, 7) is 5.69. The minimum atomic E-state index is -1.18. The molecule has 0 saturated heterocycles. The molecule has 0 aliphatic heterocycles. The second-order valence-corrected chi connectivity index (χ2v) is 8.80. The SMILES string of the molecule is CC#CCC(NC(=O)C(CC(C)CC)NC(=O)OCC1c2ccccc2-c2ccccc21)C(=O)O. The van der Waals surface area contributed by atoms with Gasteiger partial charge in [-0.25, -0.2) is 9.59 Å². The van der Waals surface area contributed by atoms with E-state index in [0.29, 0.717) is 6.42 Å². The summed E-state index contributed by atoms with van der Waals surface area (Å²) < 4.78 is 5.58. The van der Waals surface area contributed by atoms with Gasteiger partial charge in [-0.2, -0.15) is 0 Å². The van der Waals surface area contributed by atoms with Crippen molar-refractivity contribution in [1.29, 1.82) is 0 Å². The second-order valence-electron chi connectivity index (χ2n) is 8.80. The number of ether oxygens (including phenoxy) is 1. The summed E-state index contributed by atoms with van der Waals surface area (Å²) in [4.78, 5) is 37.2. The molecule has 3 unspecified atom stereocenters. The number of alkyl carbamates (subject to hydrolysis) is 1. The van der Waals surface area contributed by atoms with E-state index < -0.39 is 30.1 Å². The van der Waals surface area contributed by atoms with Crippen LogP contribution >= 0.6 is 0 Å². The molecule has 2 amide bonds. The van der Waals surface area contributed by atoms with Crippen molar-refractivity contribution in [2.45, 2.75) is 58.0 Å². The fourth-order valence-corrected chi connectivity index (χ4v) is 4.26. The molecule has 0 aromatic heterocycles. The van der Waals surface area contributed by atoms with Crippen molar-refractivity contribution in [3.63, 3.8) is 0 Å². The molecule has 0 spiro atoms. The quantitative estimate of drug-likeness (QED) is 0.443. The lowest BCUT2D eigenvalue weighted by molar-refractivity contribution is -0.142. The molecular formula is C28H32N2O5. The number of hydrogen-bond donors (Lipinski definition) is 3. The lowest BCUT2D eigenvalue weighted by Crippen LogP contribution is -2.52. The molecule has 7 nitrogen and oxygen atoms in total. The van der Waals surface area contributed by atoms with Gasteiger partial charge >= 0.3 is 12.1 Å². The lowest BCUT2D eigenvalue weighted by atomic mass is 9.98. The Morgan fingerprint density at radius 3 is 2.14 bits per heavy atom. The van der Waals surface area contributed by atoms with E-state index in [-0.39, 0.29) is 24.9 Å². The van der Waals surface area contributed by atoms with Crippen molar-refractivity contribution in [2.24, 2.45) is 5.92 Å². The molecule has 35 heavy (non-hydrogen) atoms. The predicted octanol–water partition coefficient (Wildman–Crippen LogP) is 4.31. The number of fused-ring (bicyclic) bond motifs is 3. The number of rotatable bonds is 10. The predicted molar refractivity (Wildman–Crippen MR) is 134 cm³/mol. The van der Waals surface area contributed by atoms with Crippen LogP contribution in [-0.4, -0.2) is 41.8 Å². The van der Waals surface area contributed by atoms with Gasteiger partial charge in [0.05, 0.1) is 0 Å². The van der Waals surface area contributed by atoms with Crippen molar-refractivity contribution in [1.82, 2.24) is 10.6 Å². The highest BCUT2D eigenvalue weighted by atomic mass is 16.5. The highest BCUT2D eigenvalue weighted by Crippen LogP contribution is 2.44. The van der Waals surface area contributed by atoms with Gasteiger partial charge in [-0.05, 0) is 41.5 Å². The zero-order valence-electron chi connectivity index (χ0n) is 20.3. The molecule has 2 aromatic carbocycles. The maximum absolute atomic E-state index is 12.9. The summed E-state index contributed by atoms with van der Waals surface area (Å²) in [6, 6.07) is 14.0. The van der Waals surface area contributed by atoms with Crippen molar-refractivity contribution in [3.05, 3.63) is 59.7 Å². The molecule has 2 aromatic rings. The fraction of sp³-hybridized carbons (Fsp3) is 0.393. The third-order valence-electron chi connectivity index (χ3n) is 6.38. The molecule has 0 radical (unpaired) electrons. The maximum Gasteiger partial charge on any atom is 0.407 e. The summed E-state index contributed by atoms with van der Waals surface area (Å²) in [5.41, 5.74) is 4.44. The summed E-state index contributed by atoms with van der Waals surface area (Å²) in [6.07, 6.45) is 0.437. The van der Waals surface area contributed by atoms with Gasteiger partial charge in [0.25, 0.3) is 0 Å². The van der Waals surface area contributed by atoms with Crippen LogP contribution in [0.1, 0.15) is 57.1 Å². The smallest absolute Gasteiger partial charge is 0.407 e. The van der Waals surface area contributed by atoms with Crippen LogP contribution in [0, 0.1) is 17.8 Å². The molecule has 0 heterocycles. The molecule has 0 fully saturated rings. The van der Waals surface area contributed by atoms with Crippen LogP contribution < -0.4 is 10.6 Å². The van der Waals surface area contributed by atoms with Gasteiger partial charge in [0, 0.05) is 12.3 Å². The number of benzene rings is 2. The lowest BCUT2D eigenvalue weighted by Gasteiger charge is -2.23. The highest BCUT2D eigenvalue weighted by molar-refractivity contribution is 5.89. The Labute approximate surface area is 206 Å². The molecule has 3 N–H and O–H groups in total. The van der Waals surface area contributed by atoms with E-state index in [1.165, 1.54) is 0 Å². The first kappa shape index (κ1) is 25.8. The van der Waals surface area contributed by atoms with E-state index in [9.17, 15) is 19.5 Å².